The van der Waals surface area contributed by atoms with Gasteiger partial charge in [0.25, 0.3) is 0 Å². The van der Waals surface area contributed by atoms with Crippen molar-refractivity contribution in [3.05, 3.63) is 29.1 Å². The van der Waals surface area contributed by atoms with Gasteiger partial charge in [-0.15, -0.1) is 0 Å². The summed E-state index contributed by atoms with van der Waals surface area (Å²) >= 11 is 0. The minimum absolute atomic E-state index is 0.287. The molecule has 0 unspecified atom stereocenters. The molecule has 0 saturated heterocycles. The van der Waals surface area contributed by atoms with Crippen molar-refractivity contribution in [1.82, 2.24) is 0 Å². The second kappa shape index (κ2) is 2.88. The summed E-state index contributed by atoms with van der Waals surface area (Å²) < 4.78 is 12.9. The summed E-state index contributed by atoms with van der Waals surface area (Å²) in [6.07, 6.45) is 0. The van der Waals surface area contributed by atoms with E-state index in [-0.39, 0.29) is 5.82 Å². The molecule has 0 amide bonds. The van der Waals surface area contributed by atoms with Gasteiger partial charge in [-0.25, -0.2) is 4.39 Å². The maximum Gasteiger partial charge on any atom is 0.150 e. The first-order chi connectivity index (χ1) is 5.15. The number of hydrogen-bond acceptors (Lipinski definition) is 2. The highest BCUT2D eigenvalue weighted by molar-refractivity contribution is 5.34. The molecule has 0 spiro atoms. The van der Waals surface area contributed by atoms with Gasteiger partial charge in [-0.2, -0.15) is 5.90 Å². The number of nitrogens with two attached hydrogens (primary N) is 1. The molecule has 0 atom stereocenters. The van der Waals surface area contributed by atoms with Crippen molar-refractivity contribution in [2.75, 3.05) is 0 Å². The lowest BCUT2D eigenvalue weighted by Crippen LogP contribution is -2.03. The Morgan fingerprint density at radius 3 is 2.45 bits per heavy atom. The van der Waals surface area contributed by atoms with Crippen LogP contribution in [-0.4, -0.2) is 0 Å². The van der Waals surface area contributed by atoms with Crippen LogP contribution in [0.2, 0.25) is 0 Å². The topological polar surface area (TPSA) is 35.2 Å². The van der Waals surface area contributed by atoms with E-state index in [0.717, 1.165) is 5.56 Å². The molecular formula is C8H10FNO. The van der Waals surface area contributed by atoms with Crippen LogP contribution >= 0.6 is 0 Å². The third-order valence-corrected chi connectivity index (χ3v) is 1.71. The van der Waals surface area contributed by atoms with Crippen LogP contribution in [0.15, 0.2) is 12.1 Å². The molecule has 0 radical (unpaired) electrons. The number of aryl methyl sites for hydroxylation is 1. The smallest absolute Gasteiger partial charge is 0.150 e. The molecule has 0 saturated carbocycles. The first kappa shape index (κ1) is 8.01. The molecule has 1 rings (SSSR count). The van der Waals surface area contributed by atoms with Gasteiger partial charge in [-0.1, -0.05) is 0 Å². The summed E-state index contributed by atoms with van der Waals surface area (Å²) in [4.78, 5) is 4.39. The Morgan fingerprint density at radius 1 is 1.36 bits per heavy atom. The molecule has 0 bridgehead atoms. The molecule has 1 aromatic rings. The molecule has 0 aromatic heterocycles. The van der Waals surface area contributed by atoms with Crippen LogP contribution in [-0.2, 0) is 0 Å². The van der Waals surface area contributed by atoms with E-state index >= 15 is 0 Å². The Balaban J connectivity index is 3.21. The van der Waals surface area contributed by atoms with Crippen LogP contribution in [0, 0.1) is 19.7 Å². The maximum absolute atomic E-state index is 12.9. The van der Waals surface area contributed by atoms with Gasteiger partial charge >= 0.3 is 0 Å². The first-order valence-corrected chi connectivity index (χ1v) is 3.28. The average Bonchev–Trinajstić information content (AvgIpc) is 1.99. The number of hydrogen-bond donors (Lipinski definition) is 1. The van der Waals surface area contributed by atoms with Crippen molar-refractivity contribution in [3.63, 3.8) is 0 Å². The minimum atomic E-state index is -0.287. The van der Waals surface area contributed by atoms with E-state index in [4.69, 9.17) is 5.90 Å². The molecule has 0 heterocycles. The van der Waals surface area contributed by atoms with Gasteiger partial charge in [0.2, 0.25) is 0 Å². The summed E-state index contributed by atoms with van der Waals surface area (Å²) in [5.74, 6) is 4.94. The number of rotatable bonds is 1. The quantitative estimate of drug-likeness (QED) is 0.626. The molecule has 3 heteroatoms. The first-order valence-electron chi connectivity index (χ1n) is 3.28. The van der Waals surface area contributed by atoms with Crippen LogP contribution in [0.5, 0.6) is 5.75 Å². The summed E-state index contributed by atoms with van der Waals surface area (Å²) in [7, 11) is 0. The summed E-state index contributed by atoms with van der Waals surface area (Å²) in [6.45, 7) is 3.52. The highest BCUT2D eigenvalue weighted by Gasteiger charge is 2.03. The van der Waals surface area contributed by atoms with E-state index in [1.54, 1.807) is 19.9 Å². The van der Waals surface area contributed by atoms with E-state index < -0.39 is 0 Å². The number of benzene rings is 1. The van der Waals surface area contributed by atoms with Crippen molar-refractivity contribution < 1.29 is 9.23 Å². The summed E-state index contributed by atoms with van der Waals surface area (Å²) in [6, 6.07) is 2.96. The van der Waals surface area contributed by atoms with Crippen LogP contribution in [0.3, 0.4) is 0 Å². The fourth-order valence-electron chi connectivity index (χ4n) is 0.853. The van der Waals surface area contributed by atoms with Gasteiger partial charge < -0.3 is 4.84 Å². The summed E-state index contributed by atoms with van der Waals surface area (Å²) in [5.41, 5.74) is 1.47. The second-order valence-electron chi connectivity index (χ2n) is 2.46. The highest BCUT2D eigenvalue weighted by atomic mass is 19.1. The van der Waals surface area contributed by atoms with Crippen LogP contribution < -0.4 is 10.7 Å². The highest BCUT2D eigenvalue weighted by Crippen LogP contribution is 2.18. The van der Waals surface area contributed by atoms with Crippen molar-refractivity contribution in [3.8, 4) is 5.75 Å². The van der Waals surface area contributed by atoms with Crippen LogP contribution in [0.1, 0.15) is 11.1 Å². The second-order valence-corrected chi connectivity index (χ2v) is 2.46. The van der Waals surface area contributed by atoms with E-state index in [0.29, 0.717) is 11.3 Å². The standard InChI is InChI=1S/C8H10FNO/c1-5-3-7(11-10)4-8(9)6(5)2/h3-4H,10H2,1-2H3. The van der Waals surface area contributed by atoms with Gasteiger partial charge in [0.1, 0.15) is 11.6 Å². The fraction of sp³-hybridized carbons (Fsp3) is 0.250. The van der Waals surface area contributed by atoms with Crippen molar-refractivity contribution in [2.45, 2.75) is 13.8 Å². The molecule has 11 heavy (non-hydrogen) atoms. The monoisotopic (exact) mass is 155 g/mol. The Labute approximate surface area is 64.7 Å². The lowest BCUT2D eigenvalue weighted by Gasteiger charge is -2.03. The zero-order chi connectivity index (χ0) is 8.43. The molecule has 60 valence electrons. The van der Waals surface area contributed by atoms with Crippen molar-refractivity contribution >= 4 is 0 Å². The van der Waals surface area contributed by atoms with Gasteiger partial charge in [0, 0.05) is 6.07 Å². The maximum atomic E-state index is 12.9. The van der Waals surface area contributed by atoms with Gasteiger partial charge in [0.05, 0.1) is 0 Å². The largest absolute Gasteiger partial charge is 0.411 e. The van der Waals surface area contributed by atoms with E-state index in [1.165, 1.54) is 6.07 Å². The Hall–Kier alpha value is -1.09. The normalized spacial score (nSPS) is 9.82. The predicted molar refractivity (Wildman–Crippen MR) is 40.7 cm³/mol. The molecule has 1 aromatic carbocycles. The molecule has 0 aliphatic carbocycles. The predicted octanol–water partition coefficient (Wildman–Crippen LogP) is 1.70. The van der Waals surface area contributed by atoms with Crippen LogP contribution in [0.4, 0.5) is 4.39 Å². The SMILES string of the molecule is Cc1cc(ON)cc(F)c1C. The summed E-state index contributed by atoms with van der Waals surface area (Å²) in [5, 5.41) is 0. The zero-order valence-electron chi connectivity index (χ0n) is 6.52. The number of halogens is 1. The minimum Gasteiger partial charge on any atom is -0.411 e. The van der Waals surface area contributed by atoms with E-state index in [2.05, 4.69) is 4.84 Å². The Kier molecular flexibility index (Phi) is 2.10. The lowest BCUT2D eigenvalue weighted by atomic mass is 10.1. The molecule has 0 aliphatic rings. The Morgan fingerprint density at radius 2 is 2.00 bits per heavy atom. The van der Waals surface area contributed by atoms with Crippen molar-refractivity contribution in [1.29, 1.82) is 0 Å². The third kappa shape index (κ3) is 1.49. The molecule has 0 aliphatic heterocycles. The lowest BCUT2D eigenvalue weighted by molar-refractivity contribution is 0.332. The average molecular weight is 155 g/mol. The molecule has 0 fully saturated rings. The third-order valence-electron chi connectivity index (χ3n) is 1.71. The molecule has 2 N–H and O–H groups in total. The zero-order valence-corrected chi connectivity index (χ0v) is 6.52. The Bertz CT molecular complexity index is 250. The van der Waals surface area contributed by atoms with E-state index in [9.17, 15) is 4.39 Å². The molecule has 2 nitrogen and oxygen atoms in total. The van der Waals surface area contributed by atoms with Gasteiger partial charge in [0.15, 0.2) is 0 Å². The van der Waals surface area contributed by atoms with Crippen molar-refractivity contribution in [2.24, 2.45) is 5.90 Å². The molecular weight excluding hydrogens is 145 g/mol. The van der Waals surface area contributed by atoms with E-state index in [1.807, 2.05) is 0 Å². The van der Waals surface area contributed by atoms with Gasteiger partial charge in [-0.3, -0.25) is 0 Å². The van der Waals surface area contributed by atoms with Crippen LogP contribution in [0.25, 0.3) is 0 Å². The fourth-order valence-corrected chi connectivity index (χ4v) is 0.853. The van der Waals surface area contributed by atoms with Gasteiger partial charge in [-0.05, 0) is 31.0 Å².